The normalized spacial score (nSPS) is 16.0. The fourth-order valence-corrected chi connectivity index (χ4v) is 3.65. The number of anilines is 2. The summed E-state index contributed by atoms with van der Waals surface area (Å²) in [4.78, 5) is 26.8. The molecule has 1 amide bonds. The van der Waals surface area contributed by atoms with Crippen molar-refractivity contribution in [3.8, 4) is 17.6 Å². The number of amides is 1. The van der Waals surface area contributed by atoms with Crippen molar-refractivity contribution in [3.63, 3.8) is 0 Å². The molecule has 0 radical (unpaired) electrons. The SMILES string of the molecule is CC[C@H]1COC(=O)N1c1nc(C)nc(N[C@@H](C)c2ccc(Oc3ccc(C)cc3)c(C#N)c2)n1. The zero-order valence-electron chi connectivity index (χ0n) is 19.6. The van der Waals surface area contributed by atoms with Gasteiger partial charge in [0.1, 0.15) is 30.0 Å². The number of benzene rings is 2. The molecule has 2 aromatic carbocycles. The van der Waals surface area contributed by atoms with Crippen LogP contribution in [0.2, 0.25) is 0 Å². The molecule has 0 bridgehead atoms. The van der Waals surface area contributed by atoms with E-state index >= 15 is 0 Å². The van der Waals surface area contributed by atoms with Crippen molar-refractivity contribution in [1.82, 2.24) is 15.0 Å². The molecule has 0 aliphatic carbocycles. The van der Waals surface area contributed by atoms with Gasteiger partial charge >= 0.3 is 6.09 Å². The van der Waals surface area contributed by atoms with Crippen LogP contribution in [0.3, 0.4) is 0 Å². The number of aryl methyl sites for hydroxylation is 2. The molecule has 2 heterocycles. The number of carbonyl (C=O) groups excluding carboxylic acids is 1. The van der Waals surface area contributed by atoms with Gasteiger partial charge in [0.15, 0.2) is 0 Å². The Hall–Kier alpha value is -4.19. The van der Waals surface area contributed by atoms with Crippen LogP contribution in [0.15, 0.2) is 42.5 Å². The largest absolute Gasteiger partial charge is 0.456 e. The van der Waals surface area contributed by atoms with Gasteiger partial charge in [-0.2, -0.15) is 20.2 Å². The predicted octanol–water partition coefficient (Wildman–Crippen LogP) is 5.06. The van der Waals surface area contributed by atoms with Crippen LogP contribution in [-0.4, -0.2) is 33.7 Å². The maximum Gasteiger partial charge on any atom is 0.417 e. The van der Waals surface area contributed by atoms with Gasteiger partial charge in [-0.3, -0.25) is 0 Å². The summed E-state index contributed by atoms with van der Waals surface area (Å²) in [6, 6.07) is 15.0. The average Bonchev–Trinajstić information content (AvgIpc) is 3.20. The van der Waals surface area contributed by atoms with Crippen LogP contribution in [0.1, 0.15) is 48.8 Å². The lowest BCUT2D eigenvalue weighted by atomic mass is 10.0. The summed E-state index contributed by atoms with van der Waals surface area (Å²) in [6.45, 7) is 7.98. The topological polar surface area (TPSA) is 113 Å². The number of cyclic esters (lactones) is 1. The number of ether oxygens (including phenoxy) is 2. The molecule has 174 valence electrons. The number of carbonyl (C=O) groups is 1. The highest BCUT2D eigenvalue weighted by Gasteiger charge is 2.35. The van der Waals surface area contributed by atoms with Crippen LogP contribution in [0.25, 0.3) is 0 Å². The van der Waals surface area contributed by atoms with E-state index in [0.717, 1.165) is 17.5 Å². The van der Waals surface area contributed by atoms with Crippen LogP contribution < -0.4 is 15.0 Å². The Kier molecular flexibility index (Phi) is 6.59. The number of hydrogen-bond donors (Lipinski definition) is 1. The highest BCUT2D eigenvalue weighted by Crippen LogP contribution is 2.29. The van der Waals surface area contributed by atoms with E-state index in [0.29, 0.717) is 35.4 Å². The van der Waals surface area contributed by atoms with Gasteiger partial charge in [0.2, 0.25) is 11.9 Å². The second kappa shape index (κ2) is 9.75. The molecular formula is C25H26N6O3. The van der Waals surface area contributed by atoms with Gasteiger partial charge in [0, 0.05) is 0 Å². The summed E-state index contributed by atoms with van der Waals surface area (Å²) in [5, 5.41) is 12.9. The first-order chi connectivity index (χ1) is 16.4. The molecule has 9 heteroatoms. The zero-order chi connectivity index (χ0) is 24.2. The molecule has 1 aliphatic heterocycles. The summed E-state index contributed by atoms with van der Waals surface area (Å²) in [6.07, 6.45) is 0.267. The first-order valence-corrected chi connectivity index (χ1v) is 11.1. The second-order valence-electron chi connectivity index (χ2n) is 8.16. The van der Waals surface area contributed by atoms with Crippen LogP contribution >= 0.6 is 0 Å². The maximum atomic E-state index is 12.2. The van der Waals surface area contributed by atoms with E-state index in [-0.39, 0.29) is 18.0 Å². The highest BCUT2D eigenvalue weighted by molar-refractivity contribution is 5.88. The average molecular weight is 459 g/mol. The van der Waals surface area contributed by atoms with Crippen molar-refractivity contribution < 1.29 is 14.3 Å². The van der Waals surface area contributed by atoms with Crippen molar-refractivity contribution in [2.45, 2.75) is 46.2 Å². The fourth-order valence-electron chi connectivity index (χ4n) is 3.65. The molecule has 0 spiro atoms. The van der Waals surface area contributed by atoms with Gasteiger partial charge in [0.25, 0.3) is 0 Å². The monoisotopic (exact) mass is 458 g/mol. The van der Waals surface area contributed by atoms with Gasteiger partial charge in [-0.15, -0.1) is 0 Å². The van der Waals surface area contributed by atoms with E-state index in [9.17, 15) is 10.1 Å². The maximum absolute atomic E-state index is 12.2. The van der Waals surface area contributed by atoms with Gasteiger partial charge in [-0.05, 0) is 57.0 Å². The Labute approximate surface area is 198 Å². The van der Waals surface area contributed by atoms with E-state index in [1.165, 1.54) is 4.90 Å². The molecule has 1 aliphatic rings. The minimum absolute atomic E-state index is 0.112. The van der Waals surface area contributed by atoms with Crippen molar-refractivity contribution in [1.29, 1.82) is 5.26 Å². The Morgan fingerprint density at radius 2 is 1.97 bits per heavy atom. The van der Waals surface area contributed by atoms with E-state index in [1.54, 1.807) is 19.1 Å². The summed E-state index contributed by atoms with van der Waals surface area (Å²) in [5.41, 5.74) is 2.41. The molecule has 0 unspecified atom stereocenters. The molecule has 1 aromatic heterocycles. The second-order valence-corrected chi connectivity index (χ2v) is 8.16. The minimum Gasteiger partial charge on any atom is -0.456 e. The standard InChI is InChI=1S/C25H26N6O3/c1-5-20-14-33-25(32)31(20)24-29-17(4)28-23(30-24)27-16(3)18-8-11-22(19(12-18)13-26)34-21-9-6-15(2)7-10-21/h6-12,16,20H,5,14H2,1-4H3,(H,27,28,29,30)/t16-,20-/m0/s1. The number of nitrogens with zero attached hydrogens (tertiary/aromatic N) is 5. The number of nitriles is 1. The quantitative estimate of drug-likeness (QED) is 0.523. The van der Waals surface area contributed by atoms with Gasteiger partial charge < -0.3 is 14.8 Å². The van der Waals surface area contributed by atoms with Crippen LogP contribution in [-0.2, 0) is 4.74 Å². The molecule has 1 N–H and O–H groups in total. The Bertz CT molecular complexity index is 1240. The first-order valence-electron chi connectivity index (χ1n) is 11.1. The molecule has 0 saturated carbocycles. The van der Waals surface area contributed by atoms with E-state index < -0.39 is 6.09 Å². The molecule has 1 fully saturated rings. The van der Waals surface area contributed by atoms with E-state index in [2.05, 4.69) is 26.3 Å². The van der Waals surface area contributed by atoms with E-state index in [1.807, 2.05) is 51.1 Å². The summed E-state index contributed by atoms with van der Waals surface area (Å²) >= 11 is 0. The van der Waals surface area contributed by atoms with Gasteiger partial charge in [-0.1, -0.05) is 30.7 Å². The molecule has 1 saturated heterocycles. The molecule has 3 aromatic rings. The van der Waals surface area contributed by atoms with Gasteiger partial charge in [-0.25, -0.2) is 9.69 Å². The minimum atomic E-state index is -0.459. The third-order valence-electron chi connectivity index (χ3n) is 5.60. The molecule has 2 atom stereocenters. The number of aromatic nitrogens is 3. The fraction of sp³-hybridized carbons (Fsp3) is 0.320. The zero-order valence-corrected chi connectivity index (χ0v) is 19.6. The van der Waals surface area contributed by atoms with Crippen molar-refractivity contribution in [2.75, 3.05) is 16.8 Å². The van der Waals surface area contributed by atoms with Crippen LogP contribution in [0, 0.1) is 25.2 Å². The smallest absolute Gasteiger partial charge is 0.417 e. The number of rotatable bonds is 7. The third kappa shape index (κ3) is 4.91. The van der Waals surface area contributed by atoms with Gasteiger partial charge in [0.05, 0.1) is 17.6 Å². The molecular weight excluding hydrogens is 432 g/mol. The van der Waals surface area contributed by atoms with Crippen LogP contribution in [0.4, 0.5) is 16.7 Å². The summed E-state index contributed by atoms with van der Waals surface area (Å²) in [5.74, 6) is 2.23. The molecule has 34 heavy (non-hydrogen) atoms. The Balaban J connectivity index is 1.54. The molecule has 9 nitrogen and oxygen atoms in total. The summed E-state index contributed by atoms with van der Waals surface area (Å²) in [7, 11) is 0. The lowest BCUT2D eigenvalue weighted by molar-refractivity contribution is 0.178. The lowest BCUT2D eigenvalue weighted by Crippen LogP contribution is -2.34. The van der Waals surface area contributed by atoms with Crippen molar-refractivity contribution >= 4 is 18.0 Å². The first kappa shape index (κ1) is 23.0. The third-order valence-corrected chi connectivity index (χ3v) is 5.60. The lowest BCUT2D eigenvalue weighted by Gasteiger charge is -2.20. The summed E-state index contributed by atoms with van der Waals surface area (Å²) < 4.78 is 11.1. The van der Waals surface area contributed by atoms with Crippen molar-refractivity contribution in [2.24, 2.45) is 0 Å². The number of nitrogens with one attached hydrogen (secondary N) is 1. The predicted molar refractivity (Wildman–Crippen MR) is 127 cm³/mol. The Morgan fingerprint density at radius 3 is 2.68 bits per heavy atom. The molecule has 4 rings (SSSR count). The van der Waals surface area contributed by atoms with E-state index in [4.69, 9.17) is 9.47 Å². The Morgan fingerprint density at radius 1 is 1.21 bits per heavy atom. The van der Waals surface area contributed by atoms with Crippen LogP contribution in [0.5, 0.6) is 11.5 Å². The van der Waals surface area contributed by atoms with Crippen molar-refractivity contribution in [3.05, 3.63) is 65.0 Å². The highest BCUT2D eigenvalue weighted by atomic mass is 16.6. The number of hydrogen-bond acceptors (Lipinski definition) is 8.